The summed E-state index contributed by atoms with van der Waals surface area (Å²) in [4.78, 5) is 29.2. The van der Waals surface area contributed by atoms with Gasteiger partial charge in [-0.2, -0.15) is 0 Å². The Morgan fingerprint density at radius 3 is 2.24 bits per heavy atom. The number of benzene rings is 3. The first-order valence-electron chi connectivity index (χ1n) is 12.5. The number of fused-ring (bicyclic) bond motifs is 1. The van der Waals surface area contributed by atoms with Crippen LogP contribution in [0.5, 0.6) is 11.5 Å². The van der Waals surface area contributed by atoms with E-state index >= 15 is 0 Å². The second-order valence-corrected chi connectivity index (χ2v) is 11.1. The lowest BCUT2D eigenvalue weighted by atomic mass is 9.87. The molecule has 4 rings (SSSR count). The Kier molecular flexibility index (Phi) is 7.39. The van der Waals surface area contributed by atoms with Crippen molar-refractivity contribution in [1.29, 1.82) is 0 Å². The molecule has 38 heavy (non-hydrogen) atoms. The van der Waals surface area contributed by atoms with Gasteiger partial charge in [0.15, 0.2) is 0 Å². The van der Waals surface area contributed by atoms with Crippen LogP contribution in [0.3, 0.4) is 0 Å². The van der Waals surface area contributed by atoms with E-state index in [0.29, 0.717) is 22.9 Å². The van der Waals surface area contributed by atoms with Gasteiger partial charge in [0.2, 0.25) is 0 Å². The van der Waals surface area contributed by atoms with Gasteiger partial charge in [0.1, 0.15) is 22.9 Å². The zero-order valence-electron chi connectivity index (χ0n) is 22.6. The van der Waals surface area contributed by atoms with Crippen molar-refractivity contribution in [3.05, 3.63) is 90.1 Å². The summed E-state index contributed by atoms with van der Waals surface area (Å²) in [5, 5.41) is 7.45. The Labute approximate surface area is 223 Å². The molecule has 0 bridgehead atoms. The Hall–Kier alpha value is -4.39. The van der Waals surface area contributed by atoms with Crippen molar-refractivity contribution in [3.8, 4) is 11.5 Å². The number of carbonyl (C=O) groups excluding carboxylic acids is 2. The van der Waals surface area contributed by atoms with Crippen LogP contribution >= 0.6 is 0 Å². The van der Waals surface area contributed by atoms with Gasteiger partial charge in [-0.15, -0.1) is 0 Å². The standard InChI is InChI=1S/C31H33N3O4/c1-30(2,3)23-8-7-9-24(18-23)33-28(35)21-11-10-20-12-13-25(17-22(20)16-21)37-26-14-15-32-27(19-26)34-29(36)38-31(4,5)6/h7-19H,1-6H3,(H,33,35)(H,32,34,36). The molecule has 0 saturated carbocycles. The molecule has 1 aromatic heterocycles. The van der Waals surface area contributed by atoms with Crippen LogP contribution < -0.4 is 15.4 Å². The molecule has 3 aromatic carbocycles. The molecule has 2 amide bonds. The highest BCUT2D eigenvalue weighted by molar-refractivity contribution is 6.06. The van der Waals surface area contributed by atoms with Gasteiger partial charge in [-0.1, -0.05) is 45.0 Å². The summed E-state index contributed by atoms with van der Waals surface area (Å²) in [6, 6.07) is 22.4. The first-order chi connectivity index (χ1) is 17.9. The molecule has 0 radical (unpaired) electrons. The Balaban J connectivity index is 1.49. The molecule has 0 saturated heterocycles. The summed E-state index contributed by atoms with van der Waals surface area (Å²) in [5.74, 6) is 1.21. The molecule has 2 N–H and O–H groups in total. The topological polar surface area (TPSA) is 89.5 Å². The maximum atomic E-state index is 13.0. The van der Waals surface area contributed by atoms with Crippen molar-refractivity contribution in [2.75, 3.05) is 10.6 Å². The number of carbonyl (C=O) groups is 2. The van der Waals surface area contributed by atoms with E-state index in [1.54, 1.807) is 39.1 Å². The number of nitrogens with zero attached hydrogens (tertiary/aromatic N) is 1. The van der Waals surface area contributed by atoms with Gasteiger partial charge in [0.25, 0.3) is 5.91 Å². The third kappa shape index (κ3) is 7.09. The van der Waals surface area contributed by atoms with Crippen LogP contribution in [0.25, 0.3) is 10.8 Å². The average molecular weight is 512 g/mol. The van der Waals surface area contributed by atoms with Crippen molar-refractivity contribution < 1.29 is 19.1 Å². The molecule has 0 atom stereocenters. The maximum Gasteiger partial charge on any atom is 0.413 e. The van der Waals surface area contributed by atoms with E-state index in [4.69, 9.17) is 9.47 Å². The number of amides is 2. The van der Waals surface area contributed by atoms with Crippen LogP contribution in [0.4, 0.5) is 16.3 Å². The number of anilines is 2. The third-order valence-electron chi connectivity index (χ3n) is 5.66. The number of hydrogen-bond acceptors (Lipinski definition) is 5. The molecule has 4 aromatic rings. The quantitative estimate of drug-likeness (QED) is 0.284. The Bertz CT molecular complexity index is 1480. The average Bonchev–Trinajstić information content (AvgIpc) is 2.82. The number of ether oxygens (including phenoxy) is 2. The van der Waals surface area contributed by atoms with E-state index < -0.39 is 11.7 Å². The summed E-state index contributed by atoms with van der Waals surface area (Å²) < 4.78 is 11.3. The van der Waals surface area contributed by atoms with Crippen molar-refractivity contribution in [3.63, 3.8) is 0 Å². The second kappa shape index (κ2) is 10.5. The van der Waals surface area contributed by atoms with E-state index in [2.05, 4.69) is 42.5 Å². The zero-order chi connectivity index (χ0) is 27.5. The van der Waals surface area contributed by atoms with Gasteiger partial charge in [-0.3, -0.25) is 10.1 Å². The van der Waals surface area contributed by atoms with Crippen LogP contribution in [-0.4, -0.2) is 22.6 Å². The molecule has 0 aliphatic carbocycles. The minimum atomic E-state index is -0.616. The minimum Gasteiger partial charge on any atom is -0.457 e. The fraction of sp³-hybridized carbons (Fsp3) is 0.258. The van der Waals surface area contributed by atoms with Crippen molar-refractivity contribution in [1.82, 2.24) is 4.98 Å². The molecule has 196 valence electrons. The number of aromatic nitrogens is 1. The molecule has 7 heteroatoms. The molecule has 1 heterocycles. The summed E-state index contributed by atoms with van der Waals surface area (Å²) >= 11 is 0. The maximum absolute atomic E-state index is 13.0. The van der Waals surface area contributed by atoms with Crippen molar-refractivity contribution in [2.24, 2.45) is 0 Å². The number of hydrogen-bond donors (Lipinski definition) is 2. The predicted octanol–water partition coefficient (Wildman–Crippen LogP) is 7.92. The zero-order valence-corrected chi connectivity index (χ0v) is 22.6. The fourth-order valence-electron chi connectivity index (χ4n) is 3.78. The highest BCUT2D eigenvalue weighted by Gasteiger charge is 2.17. The summed E-state index contributed by atoms with van der Waals surface area (Å²) in [5.41, 5.74) is 1.82. The lowest BCUT2D eigenvalue weighted by molar-refractivity contribution is 0.0635. The summed E-state index contributed by atoms with van der Waals surface area (Å²) in [7, 11) is 0. The molecule has 0 unspecified atom stereocenters. The van der Waals surface area contributed by atoms with E-state index in [1.165, 1.54) is 0 Å². The van der Waals surface area contributed by atoms with Crippen LogP contribution in [0.2, 0.25) is 0 Å². The molecule has 0 aliphatic heterocycles. The number of nitrogens with one attached hydrogen (secondary N) is 2. The van der Waals surface area contributed by atoms with Crippen LogP contribution in [0.1, 0.15) is 57.5 Å². The van der Waals surface area contributed by atoms with Gasteiger partial charge < -0.3 is 14.8 Å². The largest absolute Gasteiger partial charge is 0.457 e. The highest BCUT2D eigenvalue weighted by atomic mass is 16.6. The van der Waals surface area contributed by atoms with E-state index in [9.17, 15) is 9.59 Å². The molecular formula is C31H33N3O4. The van der Waals surface area contributed by atoms with Gasteiger partial charge in [0, 0.05) is 23.5 Å². The summed E-state index contributed by atoms with van der Waals surface area (Å²) in [6.07, 6.45) is 0.948. The minimum absolute atomic E-state index is 0.0124. The van der Waals surface area contributed by atoms with E-state index in [1.807, 2.05) is 54.6 Å². The van der Waals surface area contributed by atoms with Crippen LogP contribution in [-0.2, 0) is 10.2 Å². The van der Waals surface area contributed by atoms with Crippen LogP contribution in [0.15, 0.2) is 79.0 Å². The normalized spacial score (nSPS) is 11.6. The lowest BCUT2D eigenvalue weighted by Gasteiger charge is -2.20. The van der Waals surface area contributed by atoms with Gasteiger partial charge in [-0.25, -0.2) is 9.78 Å². The Morgan fingerprint density at radius 1 is 0.763 bits per heavy atom. The van der Waals surface area contributed by atoms with E-state index in [-0.39, 0.29) is 11.3 Å². The SMILES string of the molecule is CC(C)(C)OC(=O)Nc1cc(Oc2ccc3ccc(C(=O)Nc4cccc(C(C)(C)C)c4)cc3c2)ccn1. The molecular weight excluding hydrogens is 478 g/mol. The van der Waals surface area contributed by atoms with E-state index in [0.717, 1.165) is 22.0 Å². The predicted molar refractivity (Wildman–Crippen MR) is 151 cm³/mol. The van der Waals surface area contributed by atoms with Gasteiger partial charge in [-0.05, 0) is 85.0 Å². The molecule has 0 spiro atoms. The lowest BCUT2D eigenvalue weighted by Crippen LogP contribution is -2.27. The monoisotopic (exact) mass is 511 g/mol. The van der Waals surface area contributed by atoms with Gasteiger partial charge in [0.05, 0.1) is 0 Å². The second-order valence-electron chi connectivity index (χ2n) is 11.1. The van der Waals surface area contributed by atoms with Crippen molar-refractivity contribution >= 4 is 34.3 Å². The number of pyridine rings is 1. The van der Waals surface area contributed by atoms with Gasteiger partial charge >= 0.3 is 6.09 Å². The molecule has 7 nitrogen and oxygen atoms in total. The fourth-order valence-corrected chi connectivity index (χ4v) is 3.78. The third-order valence-corrected chi connectivity index (χ3v) is 5.66. The molecule has 0 fully saturated rings. The molecule has 0 aliphatic rings. The first kappa shape index (κ1) is 26.7. The smallest absolute Gasteiger partial charge is 0.413 e. The first-order valence-corrected chi connectivity index (χ1v) is 12.5. The van der Waals surface area contributed by atoms with Crippen LogP contribution in [0, 0.1) is 0 Å². The summed E-state index contributed by atoms with van der Waals surface area (Å²) in [6.45, 7) is 11.8. The Morgan fingerprint density at radius 2 is 1.50 bits per heavy atom. The van der Waals surface area contributed by atoms with Crippen molar-refractivity contribution in [2.45, 2.75) is 52.6 Å². The highest BCUT2D eigenvalue weighted by Crippen LogP contribution is 2.28. The number of rotatable bonds is 5.